The average molecular weight is 668 g/mol. The molecule has 1 aliphatic carbocycles. The lowest BCUT2D eigenvalue weighted by Gasteiger charge is -2.51. The van der Waals surface area contributed by atoms with Crippen molar-refractivity contribution < 1.29 is 18.0 Å². The maximum absolute atomic E-state index is 13.0. The van der Waals surface area contributed by atoms with E-state index in [1.165, 1.54) is 0 Å². The Hall–Kier alpha value is -3.85. The molecule has 1 amide bonds. The highest BCUT2D eigenvalue weighted by Crippen LogP contribution is 2.54. The number of carbonyl (C=O) groups excluding carboxylic acids is 1. The van der Waals surface area contributed by atoms with Crippen molar-refractivity contribution in [1.29, 1.82) is 5.26 Å². The molecule has 0 radical (unpaired) electrons. The van der Waals surface area contributed by atoms with Crippen LogP contribution in [0, 0.1) is 40.4 Å². The van der Waals surface area contributed by atoms with Crippen LogP contribution in [0.1, 0.15) is 85.9 Å². The number of thiazole rings is 1. The molecule has 5 rings (SSSR count). The molecule has 3 aromatic heterocycles. The summed E-state index contributed by atoms with van der Waals surface area (Å²) in [6.07, 6.45) is 10.3. The lowest BCUT2D eigenvalue weighted by Crippen LogP contribution is -2.45. The summed E-state index contributed by atoms with van der Waals surface area (Å²) in [6.45, 7) is 13.5. The van der Waals surface area contributed by atoms with Crippen molar-refractivity contribution in [1.82, 2.24) is 24.6 Å². The minimum absolute atomic E-state index is 0.104. The number of halogens is 3. The minimum atomic E-state index is -4.56. The first kappa shape index (κ1) is 34.5. The number of aromatic nitrogens is 4. The lowest BCUT2D eigenvalue weighted by atomic mass is 9.55. The van der Waals surface area contributed by atoms with Gasteiger partial charge in [0, 0.05) is 60.0 Å². The predicted octanol–water partition coefficient (Wildman–Crippen LogP) is 8.26. The first-order chi connectivity index (χ1) is 22.4. The van der Waals surface area contributed by atoms with Gasteiger partial charge in [-0.05, 0) is 73.8 Å². The molecule has 12 heteroatoms. The number of amides is 1. The van der Waals surface area contributed by atoms with Crippen molar-refractivity contribution in [2.24, 2.45) is 29.1 Å². The van der Waals surface area contributed by atoms with Gasteiger partial charge in [0.1, 0.15) is 5.82 Å². The minimum Gasteiger partial charge on any atom is -0.371 e. The molecule has 2 atom stereocenters. The van der Waals surface area contributed by atoms with Gasteiger partial charge >= 0.3 is 6.18 Å². The van der Waals surface area contributed by atoms with Gasteiger partial charge in [-0.2, -0.15) is 23.5 Å². The number of likely N-dealkylation sites (tertiary alicyclic amines) is 1. The molecule has 1 saturated carbocycles. The predicted molar refractivity (Wildman–Crippen MR) is 179 cm³/mol. The Kier molecular flexibility index (Phi) is 10.6. The maximum Gasteiger partial charge on any atom is 0.434 e. The van der Waals surface area contributed by atoms with Crippen LogP contribution in [0.5, 0.6) is 0 Å². The van der Waals surface area contributed by atoms with Crippen molar-refractivity contribution in [2.45, 2.75) is 72.0 Å². The van der Waals surface area contributed by atoms with Crippen molar-refractivity contribution in [2.75, 3.05) is 25.0 Å². The fourth-order valence-corrected chi connectivity index (χ4v) is 7.98. The summed E-state index contributed by atoms with van der Waals surface area (Å²) >= 11 is 0.754. The van der Waals surface area contributed by atoms with Crippen LogP contribution in [0.2, 0.25) is 0 Å². The van der Waals surface area contributed by atoms with Crippen LogP contribution < -0.4 is 5.32 Å². The number of allylic oxidation sites excluding steroid dienone is 2. The van der Waals surface area contributed by atoms with Gasteiger partial charge in [-0.25, -0.2) is 4.98 Å². The van der Waals surface area contributed by atoms with Gasteiger partial charge in [-0.1, -0.05) is 33.4 Å². The molecule has 3 aromatic rings. The van der Waals surface area contributed by atoms with E-state index in [2.05, 4.69) is 53.8 Å². The van der Waals surface area contributed by atoms with Gasteiger partial charge in [0.2, 0.25) is 0 Å². The van der Waals surface area contributed by atoms with Gasteiger partial charge in [0.15, 0.2) is 10.7 Å². The van der Waals surface area contributed by atoms with Crippen LogP contribution >= 0.6 is 11.3 Å². The molecular formula is C35H44F3N7OS. The van der Waals surface area contributed by atoms with E-state index in [1.807, 2.05) is 35.4 Å². The largest absolute Gasteiger partial charge is 0.434 e. The second-order valence-corrected chi connectivity index (χ2v) is 14.5. The van der Waals surface area contributed by atoms with E-state index in [4.69, 9.17) is 0 Å². The summed E-state index contributed by atoms with van der Waals surface area (Å²) in [7, 11) is 0. The monoisotopic (exact) mass is 667 g/mol. The molecule has 1 saturated heterocycles. The van der Waals surface area contributed by atoms with Gasteiger partial charge in [0.25, 0.3) is 5.91 Å². The molecule has 4 heterocycles. The first-order valence-electron chi connectivity index (χ1n) is 16.4. The summed E-state index contributed by atoms with van der Waals surface area (Å²) < 4.78 is 41.0. The van der Waals surface area contributed by atoms with E-state index in [0.717, 1.165) is 84.3 Å². The van der Waals surface area contributed by atoms with Crippen LogP contribution in [0.15, 0.2) is 48.8 Å². The Bertz CT molecular complexity index is 1600. The summed E-state index contributed by atoms with van der Waals surface area (Å²) in [5, 5.41) is 18.3. The molecule has 8 nitrogen and oxygen atoms in total. The molecule has 2 aliphatic rings. The van der Waals surface area contributed by atoms with Gasteiger partial charge < -0.3 is 15.2 Å². The number of aromatic amines is 1. The first-order valence-corrected chi connectivity index (χ1v) is 17.3. The Balaban J connectivity index is 1.19. The molecule has 0 spiro atoms. The van der Waals surface area contributed by atoms with E-state index in [9.17, 15) is 23.2 Å². The summed E-state index contributed by atoms with van der Waals surface area (Å²) in [5.41, 5.74) is 1.68. The summed E-state index contributed by atoms with van der Waals surface area (Å²) in [6, 6.07) is 4.20. The fourth-order valence-electron chi connectivity index (χ4n) is 7.18. The third-order valence-electron chi connectivity index (χ3n) is 9.82. The van der Waals surface area contributed by atoms with Crippen LogP contribution in [-0.2, 0) is 12.7 Å². The molecule has 47 heavy (non-hydrogen) atoms. The number of rotatable bonds is 11. The Morgan fingerprint density at radius 3 is 2.81 bits per heavy atom. The number of carbonyl (C=O) groups is 1. The smallest absolute Gasteiger partial charge is 0.371 e. The zero-order valence-corrected chi connectivity index (χ0v) is 28.1. The summed E-state index contributed by atoms with van der Waals surface area (Å²) in [5.74, 6) is 2.45. The summed E-state index contributed by atoms with van der Waals surface area (Å²) in [4.78, 5) is 21.5. The molecule has 2 unspecified atom stereocenters. The number of nitrogens with one attached hydrogen (secondary N) is 2. The number of anilines is 1. The van der Waals surface area contributed by atoms with E-state index in [-0.39, 0.29) is 10.4 Å². The normalized spacial score (nSPS) is 23.7. The number of H-pyrrole nitrogens is 1. The fraction of sp³-hybridized carbons (Fsp3) is 0.543. The third kappa shape index (κ3) is 8.18. The van der Waals surface area contributed by atoms with E-state index in [1.54, 1.807) is 11.0 Å². The second-order valence-electron chi connectivity index (χ2n) is 13.7. The zero-order valence-electron chi connectivity index (χ0n) is 27.3. The number of nitriles is 1. The molecule has 1 aliphatic heterocycles. The molecule has 0 bridgehead atoms. The van der Waals surface area contributed by atoms with Gasteiger partial charge in [0.05, 0.1) is 18.8 Å². The maximum atomic E-state index is 13.0. The third-order valence-corrected chi connectivity index (χ3v) is 10.7. The van der Waals surface area contributed by atoms with Crippen molar-refractivity contribution >= 4 is 28.6 Å². The van der Waals surface area contributed by atoms with Crippen LogP contribution in [-0.4, -0.2) is 50.2 Å². The van der Waals surface area contributed by atoms with E-state index in [0.29, 0.717) is 43.3 Å². The zero-order chi connectivity index (χ0) is 33.8. The van der Waals surface area contributed by atoms with Crippen LogP contribution in [0.25, 0.3) is 5.57 Å². The quantitative estimate of drug-likeness (QED) is 0.201. The van der Waals surface area contributed by atoms with Crippen molar-refractivity contribution in [3.8, 4) is 6.07 Å². The van der Waals surface area contributed by atoms with E-state index < -0.39 is 17.8 Å². The highest BCUT2D eigenvalue weighted by Gasteiger charge is 2.47. The molecule has 2 fully saturated rings. The number of hydrogen-bond donors (Lipinski definition) is 2. The van der Waals surface area contributed by atoms with Crippen LogP contribution in [0.3, 0.4) is 0 Å². The van der Waals surface area contributed by atoms with Crippen molar-refractivity contribution in [3.05, 3.63) is 70.6 Å². The van der Waals surface area contributed by atoms with E-state index >= 15 is 0 Å². The van der Waals surface area contributed by atoms with Crippen molar-refractivity contribution in [3.63, 3.8) is 0 Å². The molecular weight excluding hydrogens is 623 g/mol. The highest BCUT2D eigenvalue weighted by atomic mass is 32.1. The Morgan fingerprint density at radius 2 is 2.11 bits per heavy atom. The Labute approximate surface area is 278 Å². The van der Waals surface area contributed by atoms with Crippen LogP contribution in [0.4, 0.5) is 19.0 Å². The number of nitrogens with zero attached hydrogens (tertiary/aromatic N) is 5. The topological polar surface area (TPSA) is 103 Å². The highest BCUT2D eigenvalue weighted by molar-refractivity contribution is 7.11. The second kappa shape index (κ2) is 14.5. The number of hydrogen-bond acceptors (Lipinski definition) is 6. The Morgan fingerprint density at radius 1 is 1.32 bits per heavy atom. The molecule has 2 N–H and O–H groups in total. The average Bonchev–Trinajstić information content (AvgIpc) is 3.77. The van der Waals surface area contributed by atoms with Gasteiger partial charge in [-0.3, -0.25) is 9.48 Å². The number of alkyl halides is 3. The SMILES string of the molecule is C=C(c1cnn(CC2(C=CC#N)CC(C3CCCN(C(=O)c4nc(C(F)(F)F)cs4)CCC3C)C2)c1)c1cc[nH]c1NCCC(C)C. The lowest BCUT2D eigenvalue weighted by molar-refractivity contribution is -0.140. The molecule has 252 valence electrons. The van der Waals surface area contributed by atoms with Gasteiger partial charge in [-0.15, -0.1) is 11.3 Å². The molecule has 0 aromatic carbocycles. The standard InChI is InChI=1S/C35H44F3N7OS/c1-23(2)8-13-40-31-29(9-14-41-31)25(4)27-19-42-45(20-27)22-34(11-6-12-39)17-26(18-34)28-7-5-15-44(16-10-24(28)3)33(46)32-43-30(21-47-32)35(36,37)38/h6,9,11,14,19-21,23-24,26,28,40-41H,4-5,7-8,10,13,15-18,22H2,1-3H3.